The van der Waals surface area contributed by atoms with E-state index in [0.29, 0.717) is 11.3 Å². The lowest BCUT2D eigenvalue weighted by Crippen LogP contribution is -2.78. The molecule has 4 aliphatic heterocycles. The van der Waals surface area contributed by atoms with Gasteiger partial charge < -0.3 is 37.2 Å². The Labute approximate surface area is 264 Å². The molecule has 0 aliphatic carbocycles. The summed E-state index contributed by atoms with van der Waals surface area (Å²) in [6.07, 6.45) is 0. The summed E-state index contributed by atoms with van der Waals surface area (Å²) < 4.78 is 0. The van der Waals surface area contributed by atoms with E-state index in [-0.39, 0.29) is 31.6 Å². The molecular weight excluding hydrogens is 590 g/mol. The zero-order valence-electron chi connectivity index (χ0n) is 24.9. The molecule has 4 aliphatic rings. The van der Waals surface area contributed by atoms with Crippen LogP contribution in [0.2, 0.25) is 0 Å². The Bertz CT molecular complexity index is 1800. The van der Waals surface area contributed by atoms with Crippen molar-refractivity contribution in [3.05, 3.63) is 90.0 Å². The monoisotopic (exact) mass is 623 g/mol. The molecule has 3 unspecified atom stereocenters. The number of rotatable bonds is 6. The van der Waals surface area contributed by atoms with Crippen molar-refractivity contribution < 1.29 is 24.6 Å². The fourth-order valence-electron chi connectivity index (χ4n) is 7.00. The zero-order valence-corrected chi connectivity index (χ0v) is 24.9. The second-order valence-corrected chi connectivity index (χ2v) is 11.8. The van der Waals surface area contributed by atoms with Crippen molar-refractivity contribution in [1.29, 1.82) is 0 Å². The molecule has 4 amide bonds. The Morgan fingerprint density at radius 2 is 1.70 bits per heavy atom. The van der Waals surface area contributed by atoms with Gasteiger partial charge in [-0.15, -0.1) is 0 Å². The van der Waals surface area contributed by atoms with Crippen molar-refractivity contribution >= 4 is 35.5 Å². The van der Waals surface area contributed by atoms with Gasteiger partial charge in [-0.05, 0) is 41.8 Å². The first-order chi connectivity index (χ1) is 22.0. The van der Waals surface area contributed by atoms with Gasteiger partial charge in [-0.1, -0.05) is 60.7 Å². The van der Waals surface area contributed by atoms with E-state index in [1.165, 1.54) is 9.80 Å². The number of nitrogens with zero attached hydrogens (tertiary/aromatic N) is 5. The van der Waals surface area contributed by atoms with E-state index >= 15 is 0 Å². The van der Waals surface area contributed by atoms with Crippen LogP contribution in [-0.4, -0.2) is 99.0 Å². The highest BCUT2D eigenvalue weighted by atomic mass is 16.5. The lowest BCUT2D eigenvalue weighted by Gasteiger charge is -2.49. The zero-order chi connectivity index (χ0) is 32.4. The maximum absolute atomic E-state index is 13.7. The van der Waals surface area contributed by atoms with E-state index in [1.54, 1.807) is 42.5 Å². The molecule has 3 aromatic rings. The van der Waals surface area contributed by atoms with E-state index in [2.05, 4.69) is 20.6 Å². The van der Waals surface area contributed by atoms with Crippen LogP contribution in [0.3, 0.4) is 0 Å². The van der Waals surface area contributed by atoms with Crippen LogP contribution in [0.1, 0.15) is 15.9 Å². The Hall–Kier alpha value is -5.47. The molecule has 236 valence electrons. The number of amides is 4. The van der Waals surface area contributed by atoms with Crippen LogP contribution in [0.25, 0.3) is 11.1 Å². The number of anilines is 1. The first kappa shape index (κ1) is 29.3. The number of para-hydroxylation sites is 1. The smallest absolute Gasteiger partial charge is 0.331 e. The number of guanidine groups is 2. The molecule has 0 aromatic heterocycles. The Morgan fingerprint density at radius 1 is 1.00 bits per heavy atom. The predicted molar refractivity (Wildman–Crippen MR) is 169 cm³/mol. The van der Waals surface area contributed by atoms with Crippen LogP contribution >= 0.6 is 0 Å². The molecule has 4 heterocycles. The Kier molecular flexibility index (Phi) is 6.72. The van der Waals surface area contributed by atoms with E-state index in [4.69, 9.17) is 11.5 Å². The number of carbonyl (C=O) groups excluding carboxylic acids is 3. The standard InChI is InChI=1S/C32H33N9O5/c1-18-21(19-9-4-2-5-10-19)13-8-14-22(18)27(43)36-24-16-41-29(34)35-23(26-31(41,32(24,45)46)38-28(33)37-26)15-40-25(42)17-39(30(40)44)20-11-6-3-7-12-20/h2-14,23-24,26,45-46H,15-17H2,1H3,(H2,34,35)(H,36,43)(H3,33,37,38)/t23-,24?,26?,31?/m0/s1. The Balaban J connectivity index is 1.16. The van der Waals surface area contributed by atoms with Gasteiger partial charge in [0.05, 0.1) is 12.6 Å². The minimum atomic E-state index is -2.68. The molecule has 0 saturated carbocycles. The number of hydrogen-bond donors (Lipinski definition) is 6. The molecule has 1 spiro atoms. The summed E-state index contributed by atoms with van der Waals surface area (Å²) in [4.78, 5) is 52.9. The van der Waals surface area contributed by atoms with E-state index in [0.717, 1.165) is 21.6 Å². The number of nitrogens with one attached hydrogen (secondary N) is 2. The second-order valence-electron chi connectivity index (χ2n) is 11.8. The minimum Gasteiger partial charge on any atom is -0.370 e. The average molecular weight is 624 g/mol. The van der Waals surface area contributed by atoms with Crippen molar-refractivity contribution in [3.63, 3.8) is 0 Å². The fraction of sp³-hybridized carbons (Fsp3) is 0.281. The topological polar surface area (TPSA) is 202 Å². The van der Waals surface area contributed by atoms with E-state index in [9.17, 15) is 24.6 Å². The van der Waals surface area contributed by atoms with Crippen LogP contribution < -0.4 is 27.0 Å². The van der Waals surface area contributed by atoms with Crippen LogP contribution in [0.5, 0.6) is 0 Å². The predicted octanol–water partition coefficient (Wildman–Crippen LogP) is -0.0946. The van der Waals surface area contributed by atoms with Gasteiger partial charge in [-0.25, -0.2) is 14.8 Å². The van der Waals surface area contributed by atoms with Crippen LogP contribution in [0.15, 0.2) is 88.8 Å². The SMILES string of the molecule is Cc1c(C(=O)NC2CN3C(N)=N[C@@H](CN4C(=O)CN(c5ccccc5)C4=O)C4N=C(N)NC43C2(O)O)cccc1-c1ccccc1. The lowest BCUT2D eigenvalue weighted by atomic mass is 9.84. The summed E-state index contributed by atoms with van der Waals surface area (Å²) in [7, 11) is 0. The highest BCUT2D eigenvalue weighted by Gasteiger charge is 2.73. The average Bonchev–Trinajstić information content (AvgIpc) is 3.63. The molecule has 2 saturated heterocycles. The molecule has 2 fully saturated rings. The molecule has 14 heteroatoms. The largest absolute Gasteiger partial charge is 0.370 e. The quantitative estimate of drug-likeness (QED) is 0.160. The molecule has 46 heavy (non-hydrogen) atoms. The highest BCUT2D eigenvalue weighted by molar-refractivity contribution is 6.12. The van der Waals surface area contributed by atoms with Gasteiger partial charge in [0.2, 0.25) is 5.79 Å². The van der Waals surface area contributed by atoms with Gasteiger partial charge >= 0.3 is 6.03 Å². The number of hydrogen-bond acceptors (Lipinski definition) is 11. The van der Waals surface area contributed by atoms with Gasteiger partial charge in [0, 0.05) is 17.8 Å². The lowest BCUT2D eigenvalue weighted by molar-refractivity contribution is -0.230. The van der Waals surface area contributed by atoms with Crippen molar-refractivity contribution in [2.75, 3.05) is 24.5 Å². The number of aliphatic hydroxyl groups is 2. The molecule has 3 aromatic carbocycles. The number of carbonyl (C=O) groups is 3. The summed E-state index contributed by atoms with van der Waals surface area (Å²) in [5.74, 6) is -3.86. The highest BCUT2D eigenvalue weighted by Crippen LogP contribution is 2.45. The van der Waals surface area contributed by atoms with Gasteiger partial charge in [-0.3, -0.25) is 19.4 Å². The second kappa shape index (κ2) is 10.6. The van der Waals surface area contributed by atoms with Gasteiger partial charge in [0.1, 0.15) is 18.6 Å². The minimum absolute atomic E-state index is 0.0934. The van der Waals surface area contributed by atoms with Gasteiger partial charge in [0.15, 0.2) is 17.6 Å². The number of nitrogens with two attached hydrogens (primary N) is 2. The molecule has 0 radical (unpaired) electrons. The number of urea groups is 1. The number of imide groups is 1. The van der Waals surface area contributed by atoms with E-state index < -0.39 is 47.4 Å². The molecule has 4 atom stereocenters. The molecular formula is C32H33N9O5. The van der Waals surface area contributed by atoms with E-state index in [1.807, 2.05) is 43.3 Å². The summed E-state index contributed by atoms with van der Waals surface area (Å²) in [6.45, 7) is 1.29. The number of benzene rings is 3. The summed E-state index contributed by atoms with van der Waals surface area (Å²) in [6, 6.07) is 19.9. The van der Waals surface area contributed by atoms with Crippen LogP contribution in [-0.2, 0) is 4.79 Å². The summed E-state index contributed by atoms with van der Waals surface area (Å²) >= 11 is 0. The first-order valence-corrected chi connectivity index (χ1v) is 14.8. The van der Waals surface area contributed by atoms with Gasteiger partial charge in [0.25, 0.3) is 11.8 Å². The van der Waals surface area contributed by atoms with Crippen LogP contribution in [0, 0.1) is 6.92 Å². The fourth-order valence-corrected chi connectivity index (χ4v) is 7.00. The van der Waals surface area contributed by atoms with Crippen LogP contribution in [0.4, 0.5) is 10.5 Å². The van der Waals surface area contributed by atoms with Crippen molar-refractivity contribution in [3.8, 4) is 11.1 Å². The molecule has 8 N–H and O–H groups in total. The van der Waals surface area contributed by atoms with Crippen molar-refractivity contribution in [1.82, 2.24) is 20.4 Å². The summed E-state index contributed by atoms with van der Waals surface area (Å²) in [5.41, 5.74) is 14.1. The molecule has 7 rings (SSSR count). The third kappa shape index (κ3) is 4.29. The normalized spacial score (nSPS) is 26.3. The summed E-state index contributed by atoms with van der Waals surface area (Å²) in [5, 5.41) is 29.4. The molecule has 0 bridgehead atoms. The third-order valence-electron chi connectivity index (χ3n) is 9.26. The van der Waals surface area contributed by atoms with Gasteiger partial charge in [-0.2, -0.15) is 0 Å². The molecule has 14 nitrogen and oxygen atoms in total. The first-order valence-electron chi connectivity index (χ1n) is 14.8. The maximum atomic E-state index is 13.7. The number of aliphatic imine (C=N–C) groups is 2. The van der Waals surface area contributed by atoms with Crippen molar-refractivity contribution in [2.45, 2.75) is 36.5 Å². The van der Waals surface area contributed by atoms with Crippen molar-refractivity contribution in [2.24, 2.45) is 21.5 Å². The maximum Gasteiger partial charge on any atom is 0.331 e. The third-order valence-corrected chi connectivity index (χ3v) is 9.26. The Morgan fingerprint density at radius 3 is 2.41 bits per heavy atom.